The van der Waals surface area contributed by atoms with Crippen molar-refractivity contribution < 1.29 is 14.7 Å². The number of carbonyl (C=O) groups excluding carboxylic acids is 1. The molecule has 0 radical (unpaired) electrons. The number of hydrogen-bond acceptors (Lipinski definition) is 3. The van der Waals surface area contributed by atoms with Crippen LogP contribution in [-0.4, -0.2) is 30.1 Å². The van der Waals surface area contributed by atoms with E-state index < -0.39 is 5.97 Å². The molecule has 1 unspecified atom stereocenters. The van der Waals surface area contributed by atoms with E-state index in [1.807, 2.05) is 6.07 Å². The second kappa shape index (κ2) is 5.30. The van der Waals surface area contributed by atoms with Gasteiger partial charge in [0.25, 0.3) is 0 Å². The molecule has 0 aliphatic carbocycles. The van der Waals surface area contributed by atoms with Crippen LogP contribution in [0.2, 0.25) is 0 Å². The van der Waals surface area contributed by atoms with Crippen LogP contribution < -0.4 is 10.6 Å². The molecule has 1 heterocycles. The van der Waals surface area contributed by atoms with Crippen molar-refractivity contribution in [1.82, 2.24) is 0 Å². The Morgan fingerprint density at radius 1 is 1.47 bits per heavy atom. The van der Waals surface area contributed by atoms with Crippen LogP contribution in [0.1, 0.15) is 29.3 Å². The van der Waals surface area contributed by atoms with Crippen molar-refractivity contribution in [3.63, 3.8) is 0 Å². The highest BCUT2D eigenvalue weighted by Crippen LogP contribution is 2.30. The molecule has 102 valence electrons. The molecule has 0 saturated carbocycles. The zero-order valence-corrected chi connectivity index (χ0v) is 10.9. The fraction of sp³-hybridized carbons (Fsp3) is 0.429. The normalized spacial score (nSPS) is 15.7. The van der Waals surface area contributed by atoms with Crippen LogP contribution in [0.5, 0.6) is 0 Å². The molecule has 1 aliphatic heterocycles. The molecule has 0 spiro atoms. The molecule has 0 bridgehead atoms. The summed E-state index contributed by atoms with van der Waals surface area (Å²) >= 11 is 0. The Morgan fingerprint density at radius 2 is 2.21 bits per heavy atom. The van der Waals surface area contributed by atoms with Crippen LogP contribution in [0.4, 0.5) is 5.69 Å². The second-order valence-corrected chi connectivity index (χ2v) is 4.96. The number of aromatic carboxylic acids is 1. The number of fused-ring (bicyclic) bond motifs is 1. The summed E-state index contributed by atoms with van der Waals surface area (Å²) in [5.41, 5.74) is 7.42. The molecule has 5 nitrogen and oxygen atoms in total. The van der Waals surface area contributed by atoms with Crippen LogP contribution in [0.3, 0.4) is 0 Å². The molecule has 1 aliphatic rings. The predicted molar refractivity (Wildman–Crippen MR) is 72.3 cm³/mol. The van der Waals surface area contributed by atoms with E-state index in [9.17, 15) is 14.7 Å². The van der Waals surface area contributed by atoms with Crippen molar-refractivity contribution in [1.29, 1.82) is 0 Å². The molecule has 1 aromatic carbocycles. The Bertz CT molecular complexity index is 513. The molecule has 0 fully saturated rings. The van der Waals surface area contributed by atoms with Crippen molar-refractivity contribution in [2.24, 2.45) is 11.7 Å². The van der Waals surface area contributed by atoms with E-state index in [2.05, 4.69) is 4.90 Å². The van der Waals surface area contributed by atoms with E-state index in [1.54, 1.807) is 19.1 Å². The first-order chi connectivity index (χ1) is 9.00. The number of nitrogens with two attached hydrogens (primary N) is 1. The van der Waals surface area contributed by atoms with Gasteiger partial charge in [-0.1, -0.05) is 13.0 Å². The summed E-state index contributed by atoms with van der Waals surface area (Å²) in [5, 5.41) is 9.20. The summed E-state index contributed by atoms with van der Waals surface area (Å²) in [6.07, 6.45) is 1.65. The monoisotopic (exact) mass is 262 g/mol. The van der Waals surface area contributed by atoms with Gasteiger partial charge in [0, 0.05) is 18.8 Å². The number of carboxylic acid groups (broad SMARTS) is 1. The molecular weight excluding hydrogens is 244 g/mol. The average Bonchev–Trinajstić information content (AvgIpc) is 2.38. The molecule has 0 aromatic heterocycles. The summed E-state index contributed by atoms with van der Waals surface area (Å²) in [4.78, 5) is 24.4. The van der Waals surface area contributed by atoms with E-state index in [4.69, 9.17) is 5.73 Å². The third-order valence-electron chi connectivity index (χ3n) is 3.56. The number of anilines is 1. The van der Waals surface area contributed by atoms with Crippen molar-refractivity contribution in [2.75, 3.05) is 18.0 Å². The molecule has 19 heavy (non-hydrogen) atoms. The highest BCUT2D eigenvalue weighted by Gasteiger charge is 2.24. The van der Waals surface area contributed by atoms with E-state index in [0.29, 0.717) is 12.1 Å². The summed E-state index contributed by atoms with van der Waals surface area (Å²) in [6, 6.07) is 5.28. The highest BCUT2D eigenvalue weighted by atomic mass is 16.4. The van der Waals surface area contributed by atoms with Gasteiger partial charge in [-0.25, -0.2) is 4.79 Å². The van der Waals surface area contributed by atoms with Crippen LogP contribution in [0.25, 0.3) is 0 Å². The molecule has 3 N–H and O–H groups in total. The minimum absolute atomic E-state index is 0.251. The van der Waals surface area contributed by atoms with Crippen LogP contribution in [0.15, 0.2) is 18.2 Å². The second-order valence-electron chi connectivity index (χ2n) is 4.96. The molecule has 1 atom stereocenters. The number of nitrogens with zero attached hydrogens (tertiary/aromatic N) is 1. The Hall–Kier alpha value is -2.04. The largest absolute Gasteiger partial charge is 0.478 e. The lowest BCUT2D eigenvalue weighted by molar-refractivity contribution is -0.121. The lowest BCUT2D eigenvalue weighted by Crippen LogP contribution is -2.38. The number of hydrogen-bond donors (Lipinski definition) is 2. The topological polar surface area (TPSA) is 83.6 Å². The number of primary amides is 1. The first kappa shape index (κ1) is 13.4. The van der Waals surface area contributed by atoms with Crippen molar-refractivity contribution in [2.45, 2.75) is 19.8 Å². The molecule has 1 aromatic rings. The van der Waals surface area contributed by atoms with E-state index in [-0.39, 0.29) is 11.8 Å². The van der Waals surface area contributed by atoms with Gasteiger partial charge in [0.05, 0.1) is 11.5 Å². The van der Waals surface area contributed by atoms with Gasteiger partial charge in [-0.2, -0.15) is 0 Å². The maximum atomic E-state index is 11.2. The third-order valence-corrected chi connectivity index (χ3v) is 3.56. The Kier molecular flexibility index (Phi) is 3.74. The highest BCUT2D eigenvalue weighted by molar-refractivity contribution is 5.91. The SMILES string of the molecule is CC(CN1CCCc2c(C(=O)O)cccc21)C(N)=O. The van der Waals surface area contributed by atoms with Gasteiger partial charge in [0.2, 0.25) is 5.91 Å². The number of carbonyl (C=O) groups is 2. The van der Waals surface area contributed by atoms with Gasteiger partial charge in [-0.05, 0) is 30.5 Å². The van der Waals surface area contributed by atoms with Gasteiger partial charge in [-0.15, -0.1) is 0 Å². The summed E-state index contributed by atoms with van der Waals surface area (Å²) in [5.74, 6) is -1.48. The predicted octanol–water partition coefficient (Wildman–Crippen LogP) is 1.26. The van der Waals surface area contributed by atoms with Gasteiger partial charge in [-0.3, -0.25) is 4.79 Å². The van der Waals surface area contributed by atoms with Crippen LogP contribution in [-0.2, 0) is 11.2 Å². The van der Waals surface area contributed by atoms with Gasteiger partial charge in [0.1, 0.15) is 0 Å². The van der Waals surface area contributed by atoms with Crippen LogP contribution in [0, 0.1) is 5.92 Å². The minimum Gasteiger partial charge on any atom is -0.478 e. The molecular formula is C14H18N2O3. The maximum absolute atomic E-state index is 11.2. The number of rotatable bonds is 4. The fourth-order valence-electron chi connectivity index (χ4n) is 2.51. The summed E-state index contributed by atoms with van der Waals surface area (Å²) in [7, 11) is 0. The van der Waals surface area contributed by atoms with Gasteiger partial charge >= 0.3 is 5.97 Å². The molecule has 5 heteroatoms. The van der Waals surface area contributed by atoms with Gasteiger partial charge < -0.3 is 15.7 Å². The standard InChI is InChI=1S/C14H18N2O3/c1-9(13(15)17)8-16-7-3-5-10-11(14(18)19)4-2-6-12(10)16/h2,4,6,9H,3,5,7-8H2,1H3,(H2,15,17)(H,18,19). The van der Waals surface area contributed by atoms with Crippen molar-refractivity contribution >= 4 is 17.6 Å². The molecule has 0 saturated heterocycles. The lowest BCUT2D eigenvalue weighted by atomic mass is 9.95. The Morgan fingerprint density at radius 3 is 2.84 bits per heavy atom. The van der Waals surface area contributed by atoms with E-state index in [1.165, 1.54) is 0 Å². The van der Waals surface area contributed by atoms with E-state index in [0.717, 1.165) is 30.6 Å². The number of benzene rings is 1. The maximum Gasteiger partial charge on any atom is 0.336 e. The summed E-state index contributed by atoms with van der Waals surface area (Å²) < 4.78 is 0. The van der Waals surface area contributed by atoms with Gasteiger partial charge in [0.15, 0.2) is 0 Å². The number of amides is 1. The zero-order valence-electron chi connectivity index (χ0n) is 10.9. The summed E-state index contributed by atoms with van der Waals surface area (Å²) in [6.45, 7) is 3.15. The van der Waals surface area contributed by atoms with Crippen molar-refractivity contribution in [3.05, 3.63) is 29.3 Å². The van der Waals surface area contributed by atoms with E-state index >= 15 is 0 Å². The third kappa shape index (κ3) is 2.70. The average molecular weight is 262 g/mol. The first-order valence-electron chi connectivity index (χ1n) is 6.40. The Balaban J connectivity index is 2.32. The zero-order chi connectivity index (χ0) is 14.0. The van der Waals surface area contributed by atoms with Crippen molar-refractivity contribution in [3.8, 4) is 0 Å². The smallest absolute Gasteiger partial charge is 0.336 e. The first-order valence-corrected chi connectivity index (χ1v) is 6.40. The van der Waals surface area contributed by atoms with Crippen LogP contribution >= 0.6 is 0 Å². The lowest BCUT2D eigenvalue weighted by Gasteiger charge is -2.33. The molecule has 2 rings (SSSR count). The number of carboxylic acids is 1. The quantitative estimate of drug-likeness (QED) is 0.855. The molecule has 1 amide bonds. The fourth-order valence-corrected chi connectivity index (χ4v) is 2.51. The minimum atomic E-state index is -0.901. The Labute approximate surface area is 112 Å².